The van der Waals surface area contributed by atoms with Gasteiger partial charge in [-0.25, -0.2) is 8.42 Å². The zero-order chi connectivity index (χ0) is 21.8. The first-order valence-electron chi connectivity index (χ1n) is 10.5. The highest BCUT2D eigenvalue weighted by atomic mass is 32.2. The number of nitriles is 1. The third-order valence-corrected chi connectivity index (χ3v) is 8.12. The molecule has 1 aliphatic carbocycles. The molecule has 0 bridgehead atoms. The Kier molecular flexibility index (Phi) is 7.14. The number of carbonyl (C=O) groups is 1. The number of hydrogen-bond donors (Lipinski definition) is 2. The summed E-state index contributed by atoms with van der Waals surface area (Å²) in [6.07, 6.45) is 3.83. The number of aliphatic hydroxyl groups is 1. The predicted octanol–water partition coefficient (Wildman–Crippen LogP) is 1.33. The van der Waals surface area contributed by atoms with Gasteiger partial charge in [0.2, 0.25) is 10.0 Å². The molecule has 0 spiro atoms. The van der Waals surface area contributed by atoms with Crippen molar-refractivity contribution in [3.8, 4) is 6.07 Å². The molecule has 2 aliphatic rings. The smallest absolute Gasteiger partial charge is 0.252 e. The second kappa shape index (κ2) is 9.43. The average molecular weight is 435 g/mol. The van der Waals surface area contributed by atoms with E-state index >= 15 is 0 Å². The van der Waals surface area contributed by atoms with Crippen LogP contribution in [-0.4, -0.2) is 73.0 Å². The molecule has 1 heterocycles. The van der Waals surface area contributed by atoms with Crippen molar-refractivity contribution in [1.82, 2.24) is 14.5 Å². The average Bonchev–Trinajstić information content (AvgIpc) is 3.24. The van der Waals surface area contributed by atoms with Crippen molar-refractivity contribution in [3.63, 3.8) is 0 Å². The minimum absolute atomic E-state index is 0.0462. The van der Waals surface area contributed by atoms with Crippen LogP contribution in [0.4, 0.5) is 0 Å². The molecule has 1 saturated heterocycles. The summed E-state index contributed by atoms with van der Waals surface area (Å²) in [4.78, 5) is 14.9. The summed E-state index contributed by atoms with van der Waals surface area (Å²) < 4.78 is 27.7. The maximum atomic E-state index is 13.1. The summed E-state index contributed by atoms with van der Waals surface area (Å²) >= 11 is 0. The topological polar surface area (TPSA) is 114 Å². The van der Waals surface area contributed by atoms with Gasteiger partial charge in [0, 0.05) is 37.8 Å². The lowest BCUT2D eigenvalue weighted by Crippen LogP contribution is -2.52. The predicted molar refractivity (Wildman–Crippen MR) is 112 cm³/mol. The van der Waals surface area contributed by atoms with Crippen molar-refractivity contribution in [2.24, 2.45) is 0 Å². The monoisotopic (exact) mass is 434 g/mol. The lowest BCUT2D eigenvalue weighted by atomic mass is 9.99. The molecule has 1 unspecified atom stereocenters. The van der Waals surface area contributed by atoms with Gasteiger partial charge in [-0.05, 0) is 50.3 Å². The van der Waals surface area contributed by atoms with E-state index in [2.05, 4.69) is 16.3 Å². The van der Waals surface area contributed by atoms with E-state index in [1.807, 2.05) is 6.92 Å². The molecule has 8 nitrogen and oxygen atoms in total. The van der Waals surface area contributed by atoms with Gasteiger partial charge in [-0.3, -0.25) is 9.69 Å². The van der Waals surface area contributed by atoms with Gasteiger partial charge in [0.1, 0.15) is 5.54 Å². The minimum Gasteiger partial charge on any atom is -0.395 e. The maximum Gasteiger partial charge on any atom is 0.252 e. The molecule has 9 heteroatoms. The lowest BCUT2D eigenvalue weighted by molar-refractivity contribution is 0.0881. The molecule has 3 rings (SSSR count). The van der Waals surface area contributed by atoms with E-state index in [1.54, 1.807) is 12.1 Å². The van der Waals surface area contributed by atoms with Crippen LogP contribution in [0, 0.1) is 11.3 Å². The Bertz CT molecular complexity index is 894. The highest BCUT2D eigenvalue weighted by Gasteiger charge is 2.36. The summed E-state index contributed by atoms with van der Waals surface area (Å²) in [5.74, 6) is -0.422. The number of rotatable bonds is 7. The number of piperazine rings is 1. The molecule has 1 aromatic rings. The molecular weight excluding hydrogens is 404 g/mol. The van der Waals surface area contributed by atoms with Crippen LogP contribution in [0.25, 0.3) is 0 Å². The van der Waals surface area contributed by atoms with Gasteiger partial charge in [0.25, 0.3) is 5.91 Å². The van der Waals surface area contributed by atoms with Crippen molar-refractivity contribution in [2.75, 3.05) is 32.8 Å². The summed E-state index contributed by atoms with van der Waals surface area (Å²) in [6.45, 7) is 3.86. The number of carbonyl (C=O) groups excluding carboxylic acids is 1. The van der Waals surface area contributed by atoms with E-state index in [0.717, 1.165) is 19.3 Å². The number of benzene rings is 1. The van der Waals surface area contributed by atoms with Gasteiger partial charge in [0.15, 0.2) is 0 Å². The van der Waals surface area contributed by atoms with Crippen molar-refractivity contribution in [2.45, 2.75) is 55.5 Å². The third-order valence-electron chi connectivity index (χ3n) is 6.23. The van der Waals surface area contributed by atoms with Crippen molar-refractivity contribution in [3.05, 3.63) is 29.8 Å². The molecule has 1 amide bonds. The third kappa shape index (κ3) is 4.67. The normalized spacial score (nSPS) is 21.1. The summed E-state index contributed by atoms with van der Waals surface area (Å²) in [5, 5.41) is 21.8. The van der Waals surface area contributed by atoms with Crippen LogP contribution in [0.1, 0.15) is 49.4 Å². The molecule has 0 aromatic heterocycles. The fourth-order valence-corrected chi connectivity index (χ4v) is 5.76. The van der Waals surface area contributed by atoms with Crippen molar-refractivity contribution >= 4 is 15.9 Å². The van der Waals surface area contributed by atoms with Gasteiger partial charge < -0.3 is 10.4 Å². The van der Waals surface area contributed by atoms with Crippen molar-refractivity contribution < 1.29 is 18.3 Å². The highest BCUT2D eigenvalue weighted by molar-refractivity contribution is 7.89. The first-order valence-corrected chi connectivity index (χ1v) is 12.0. The zero-order valence-corrected chi connectivity index (χ0v) is 18.2. The van der Waals surface area contributed by atoms with E-state index in [9.17, 15) is 23.6 Å². The summed E-state index contributed by atoms with van der Waals surface area (Å²) in [7, 11) is -3.73. The number of amides is 1. The SMILES string of the molecule is CCC(CO)N1CCN(S(=O)(=O)c2cccc(C(=O)NC3(C#N)CCCC3)c2)CC1. The van der Waals surface area contributed by atoms with Gasteiger partial charge in [-0.15, -0.1) is 0 Å². The van der Waals surface area contributed by atoms with Crippen LogP contribution in [0.5, 0.6) is 0 Å². The number of nitrogens with zero attached hydrogens (tertiary/aromatic N) is 3. The van der Waals surface area contributed by atoms with E-state index in [4.69, 9.17) is 0 Å². The molecular formula is C21H30N4O4S. The molecule has 1 saturated carbocycles. The summed E-state index contributed by atoms with van der Waals surface area (Å²) in [5.41, 5.74) is -0.618. The Balaban J connectivity index is 1.72. The Morgan fingerprint density at radius 2 is 1.93 bits per heavy atom. The van der Waals surface area contributed by atoms with Crippen LogP contribution in [0.2, 0.25) is 0 Å². The fraction of sp³-hybridized carbons (Fsp3) is 0.619. The Hall–Kier alpha value is -1.99. The number of sulfonamides is 1. The van der Waals surface area contributed by atoms with Gasteiger partial charge >= 0.3 is 0 Å². The van der Waals surface area contributed by atoms with E-state index in [0.29, 0.717) is 39.0 Å². The van der Waals surface area contributed by atoms with E-state index in [1.165, 1.54) is 16.4 Å². The van der Waals surface area contributed by atoms with Crippen LogP contribution in [0.15, 0.2) is 29.2 Å². The van der Waals surface area contributed by atoms with E-state index < -0.39 is 21.5 Å². The number of nitrogens with one attached hydrogen (secondary N) is 1. The number of hydrogen-bond acceptors (Lipinski definition) is 6. The second-order valence-electron chi connectivity index (χ2n) is 8.07. The first kappa shape index (κ1) is 22.7. The summed E-state index contributed by atoms with van der Waals surface area (Å²) in [6, 6.07) is 8.28. The van der Waals surface area contributed by atoms with Crippen LogP contribution in [-0.2, 0) is 10.0 Å². The van der Waals surface area contributed by atoms with Crippen LogP contribution >= 0.6 is 0 Å². The largest absolute Gasteiger partial charge is 0.395 e. The maximum absolute atomic E-state index is 13.1. The first-order chi connectivity index (χ1) is 14.3. The molecule has 2 N–H and O–H groups in total. The fourth-order valence-electron chi connectivity index (χ4n) is 4.29. The lowest BCUT2D eigenvalue weighted by Gasteiger charge is -2.37. The molecule has 1 atom stereocenters. The Labute approximate surface area is 178 Å². The Morgan fingerprint density at radius 1 is 1.27 bits per heavy atom. The Morgan fingerprint density at radius 3 is 2.50 bits per heavy atom. The molecule has 164 valence electrons. The molecule has 1 aromatic carbocycles. The van der Waals surface area contributed by atoms with Gasteiger partial charge in [-0.1, -0.05) is 13.0 Å². The van der Waals surface area contributed by atoms with Gasteiger partial charge in [-0.2, -0.15) is 9.57 Å². The molecule has 2 fully saturated rings. The van der Waals surface area contributed by atoms with Crippen LogP contribution in [0.3, 0.4) is 0 Å². The minimum atomic E-state index is -3.73. The van der Waals surface area contributed by atoms with Gasteiger partial charge in [0.05, 0.1) is 17.6 Å². The number of aliphatic hydroxyl groups excluding tert-OH is 1. The molecule has 0 radical (unpaired) electrons. The second-order valence-corrected chi connectivity index (χ2v) is 10.0. The quantitative estimate of drug-likeness (QED) is 0.669. The standard InChI is InChI=1S/C21H30N4O4S/c1-2-18(15-26)24-10-12-25(13-11-24)30(28,29)19-7-5-6-17(14-19)20(27)23-21(16-22)8-3-4-9-21/h5-7,14,18,26H,2-4,8-13,15H2,1H3,(H,23,27). The zero-order valence-electron chi connectivity index (χ0n) is 17.4. The molecule has 1 aliphatic heterocycles. The molecule has 30 heavy (non-hydrogen) atoms. The highest BCUT2D eigenvalue weighted by Crippen LogP contribution is 2.29. The van der Waals surface area contributed by atoms with Crippen LogP contribution < -0.4 is 5.32 Å². The van der Waals surface area contributed by atoms with Crippen molar-refractivity contribution in [1.29, 1.82) is 5.26 Å². The van der Waals surface area contributed by atoms with E-state index in [-0.39, 0.29) is 23.1 Å².